The summed E-state index contributed by atoms with van der Waals surface area (Å²) < 4.78 is 0. The minimum atomic E-state index is -0.776. The maximum absolute atomic E-state index is 10.5. The van der Waals surface area contributed by atoms with Gasteiger partial charge in [-0.05, 0) is 25.2 Å². The summed E-state index contributed by atoms with van der Waals surface area (Å²) in [6.07, 6.45) is 7.65. The number of thiazole rings is 1. The van der Waals surface area contributed by atoms with Crippen molar-refractivity contribution < 1.29 is 5.11 Å². The van der Waals surface area contributed by atoms with Crippen LogP contribution in [0.3, 0.4) is 0 Å². The summed E-state index contributed by atoms with van der Waals surface area (Å²) in [5, 5.41) is 11.5. The van der Waals surface area contributed by atoms with Crippen LogP contribution in [0.2, 0.25) is 0 Å². The Labute approximate surface area is 94.7 Å². The summed E-state index contributed by atoms with van der Waals surface area (Å²) >= 11 is 1.58. The molecule has 3 heteroatoms. The number of allylic oxidation sites excluding steroid dienone is 1. The summed E-state index contributed by atoms with van der Waals surface area (Å²) in [4.78, 5) is 5.16. The third-order valence-electron chi connectivity index (χ3n) is 3.01. The molecule has 82 valence electrons. The lowest BCUT2D eigenvalue weighted by Crippen LogP contribution is -2.29. The second-order valence-electron chi connectivity index (χ2n) is 4.99. The Morgan fingerprint density at radius 3 is 2.53 bits per heavy atom. The third kappa shape index (κ3) is 2.13. The lowest BCUT2D eigenvalue weighted by atomic mass is 9.76. The average molecular weight is 223 g/mol. The van der Waals surface area contributed by atoms with Crippen molar-refractivity contribution in [2.24, 2.45) is 5.41 Å². The topological polar surface area (TPSA) is 33.1 Å². The molecule has 2 nitrogen and oxygen atoms in total. The molecule has 1 N–H and O–H groups in total. The van der Waals surface area contributed by atoms with Gasteiger partial charge in [-0.2, -0.15) is 0 Å². The van der Waals surface area contributed by atoms with Gasteiger partial charge in [0.15, 0.2) is 0 Å². The smallest absolute Gasteiger partial charge is 0.118 e. The van der Waals surface area contributed by atoms with Crippen LogP contribution in [0.15, 0.2) is 18.3 Å². The van der Waals surface area contributed by atoms with Crippen LogP contribution in [0, 0.1) is 12.3 Å². The van der Waals surface area contributed by atoms with Crippen molar-refractivity contribution in [2.75, 3.05) is 0 Å². The maximum atomic E-state index is 10.5. The highest BCUT2D eigenvalue weighted by Gasteiger charge is 2.34. The summed E-state index contributed by atoms with van der Waals surface area (Å²) in [6, 6.07) is 0. The van der Waals surface area contributed by atoms with Gasteiger partial charge in [-0.25, -0.2) is 4.98 Å². The Kier molecular flexibility index (Phi) is 2.47. The van der Waals surface area contributed by atoms with E-state index in [-0.39, 0.29) is 5.41 Å². The molecule has 1 aliphatic rings. The lowest BCUT2D eigenvalue weighted by molar-refractivity contribution is 0.0614. The van der Waals surface area contributed by atoms with Crippen molar-refractivity contribution in [1.29, 1.82) is 0 Å². The minimum absolute atomic E-state index is 0.214. The first-order valence-electron chi connectivity index (χ1n) is 5.27. The van der Waals surface area contributed by atoms with E-state index < -0.39 is 5.60 Å². The van der Waals surface area contributed by atoms with Crippen molar-refractivity contribution >= 4 is 11.3 Å². The zero-order valence-corrected chi connectivity index (χ0v) is 10.3. The highest BCUT2D eigenvalue weighted by atomic mass is 32.1. The Morgan fingerprint density at radius 2 is 2.07 bits per heavy atom. The normalized spacial score (nSPS) is 29.3. The third-order valence-corrected chi connectivity index (χ3v) is 4.09. The molecule has 0 radical (unpaired) electrons. The van der Waals surface area contributed by atoms with Gasteiger partial charge in [-0.15, -0.1) is 11.3 Å². The fourth-order valence-electron chi connectivity index (χ4n) is 1.81. The first kappa shape index (κ1) is 10.8. The van der Waals surface area contributed by atoms with Crippen LogP contribution in [-0.4, -0.2) is 10.1 Å². The van der Waals surface area contributed by atoms with E-state index >= 15 is 0 Å². The van der Waals surface area contributed by atoms with Gasteiger partial charge in [0, 0.05) is 6.20 Å². The van der Waals surface area contributed by atoms with Crippen LogP contribution in [0.5, 0.6) is 0 Å². The van der Waals surface area contributed by atoms with Crippen molar-refractivity contribution in [1.82, 2.24) is 4.98 Å². The van der Waals surface area contributed by atoms with Crippen molar-refractivity contribution in [2.45, 2.75) is 39.2 Å². The predicted octanol–water partition coefficient (Wildman–Crippen LogP) is 3.02. The fraction of sp³-hybridized carbons (Fsp3) is 0.583. The van der Waals surface area contributed by atoms with Crippen molar-refractivity contribution in [3.63, 3.8) is 0 Å². The fourth-order valence-corrected chi connectivity index (χ4v) is 2.69. The molecule has 1 aromatic rings. The number of aliphatic hydroxyl groups is 1. The molecule has 1 unspecified atom stereocenters. The molecule has 0 saturated carbocycles. The number of rotatable bonds is 1. The first-order valence-corrected chi connectivity index (χ1v) is 6.09. The van der Waals surface area contributed by atoms with Gasteiger partial charge < -0.3 is 5.11 Å². The largest absolute Gasteiger partial charge is 0.380 e. The Balaban J connectivity index is 2.30. The molecule has 1 atom stereocenters. The van der Waals surface area contributed by atoms with Gasteiger partial charge in [0.05, 0.1) is 9.88 Å². The van der Waals surface area contributed by atoms with Gasteiger partial charge in [0.2, 0.25) is 0 Å². The maximum Gasteiger partial charge on any atom is 0.118 e. The van der Waals surface area contributed by atoms with Crippen LogP contribution in [0.4, 0.5) is 0 Å². The molecular weight excluding hydrogens is 206 g/mol. The number of hydrogen-bond acceptors (Lipinski definition) is 3. The lowest BCUT2D eigenvalue weighted by Gasteiger charge is -2.33. The van der Waals surface area contributed by atoms with Gasteiger partial charge in [0.25, 0.3) is 0 Å². The number of nitrogens with zero attached hydrogens (tertiary/aromatic N) is 1. The summed E-state index contributed by atoms with van der Waals surface area (Å²) in [7, 11) is 0. The summed E-state index contributed by atoms with van der Waals surface area (Å²) in [5.74, 6) is 0. The zero-order valence-electron chi connectivity index (χ0n) is 9.45. The van der Waals surface area contributed by atoms with Crippen molar-refractivity contribution in [3.05, 3.63) is 28.2 Å². The molecule has 1 aliphatic carbocycles. The molecular formula is C12H17NOS. The van der Waals surface area contributed by atoms with E-state index in [1.165, 1.54) is 0 Å². The highest BCUT2D eigenvalue weighted by molar-refractivity contribution is 7.11. The number of aromatic nitrogens is 1. The van der Waals surface area contributed by atoms with Crippen LogP contribution in [0.25, 0.3) is 0 Å². The standard InChI is InChI=1S/C12H17NOS/c1-9-13-8-10(15-9)12(14)6-4-11(2,3)5-7-12/h4,6,8,14H,5,7H2,1-3H3. The zero-order chi connectivity index (χ0) is 11.1. The van der Waals surface area contributed by atoms with E-state index in [9.17, 15) is 5.11 Å². The predicted molar refractivity (Wildman–Crippen MR) is 62.9 cm³/mol. The Bertz CT molecular complexity index is 394. The molecule has 0 saturated heterocycles. The van der Waals surface area contributed by atoms with Crippen LogP contribution < -0.4 is 0 Å². The molecule has 0 spiro atoms. The van der Waals surface area contributed by atoms with E-state index in [0.717, 1.165) is 22.7 Å². The molecule has 1 aromatic heterocycles. The quantitative estimate of drug-likeness (QED) is 0.742. The Hall–Kier alpha value is -0.670. The molecule has 0 aromatic carbocycles. The van der Waals surface area contributed by atoms with Gasteiger partial charge in [-0.3, -0.25) is 0 Å². The van der Waals surface area contributed by atoms with E-state index in [2.05, 4.69) is 24.9 Å². The van der Waals surface area contributed by atoms with E-state index in [0.29, 0.717) is 0 Å². The van der Waals surface area contributed by atoms with E-state index in [1.807, 2.05) is 13.0 Å². The van der Waals surface area contributed by atoms with Crippen LogP contribution in [-0.2, 0) is 5.60 Å². The first-order chi connectivity index (χ1) is 6.91. The second kappa shape index (κ2) is 3.42. The Morgan fingerprint density at radius 1 is 1.33 bits per heavy atom. The molecule has 0 fully saturated rings. The average Bonchev–Trinajstić information content (AvgIpc) is 2.59. The molecule has 1 heterocycles. The number of aryl methyl sites for hydroxylation is 1. The van der Waals surface area contributed by atoms with E-state index in [4.69, 9.17) is 0 Å². The molecule has 0 amide bonds. The van der Waals surface area contributed by atoms with Crippen LogP contribution in [0.1, 0.15) is 36.6 Å². The molecule has 2 rings (SSSR count). The molecule has 0 aliphatic heterocycles. The van der Waals surface area contributed by atoms with Crippen molar-refractivity contribution in [3.8, 4) is 0 Å². The van der Waals surface area contributed by atoms with Gasteiger partial charge in [-0.1, -0.05) is 26.0 Å². The van der Waals surface area contributed by atoms with E-state index in [1.54, 1.807) is 17.5 Å². The molecule has 15 heavy (non-hydrogen) atoms. The minimum Gasteiger partial charge on any atom is -0.380 e. The van der Waals surface area contributed by atoms with Gasteiger partial charge >= 0.3 is 0 Å². The second-order valence-corrected chi connectivity index (χ2v) is 6.22. The van der Waals surface area contributed by atoms with Crippen LogP contribution >= 0.6 is 11.3 Å². The summed E-state index contributed by atoms with van der Waals surface area (Å²) in [5.41, 5.74) is -0.562. The number of hydrogen-bond donors (Lipinski definition) is 1. The SMILES string of the molecule is Cc1ncc(C2(O)C=CC(C)(C)CC2)s1. The highest BCUT2D eigenvalue weighted by Crippen LogP contribution is 2.41. The monoisotopic (exact) mass is 223 g/mol. The molecule has 0 bridgehead atoms. The summed E-state index contributed by atoms with van der Waals surface area (Å²) in [6.45, 7) is 6.36. The van der Waals surface area contributed by atoms with Gasteiger partial charge in [0.1, 0.15) is 5.60 Å².